The van der Waals surface area contributed by atoms with E-state index in [4.69, 9.17) is 0 Å². The van der Waals surface area contributed by atoms with Crippen LogP contribution in [0.1, 0.15) is 26.2 Å². The monoisotopic (exact) mass is 174 g/mol. The number of rotatable bonds is 6. The molecule has 72 valence electrons. The Hall–Kier alpha value is -0.770. The van der Waals surface area contributed by atoms with Crippen molar-refractivity contribution in [3.05, 3.63) is 0 Å². The van der Waals surface area contributed by atoms with Gasteiger partial charge in [0.15, 0.2) is 0 Å². The van der Waals surface area contributed by atoms with Crippen LogP contribution in [-0.2, 0) is 4.74 Å². The van der Waals surface area contributed by atoms with Crippen LogP contribution in [0.25, 0.3) is 0 Å². The molecule has 0 bridgehead atoms. The van der Waals surface area contributed by atoms with Gasteiger partial charge in [-0.1, -0.05) is 19.8 Å². The minimum Gasteiger partial charge on any atom is -0.364 e. The fourth-order valence-corrected chi connectivity index (χ4v) is 0.777. The van der Waals surface area contributed by atoms with Gasteiger partial charge in [-0.2, -0.15) is 0 Å². The molecular weight excluding hydrogens is 156 g/mol. The van der Waals surface area contributed by atoms with Gasteiger partial charge in [-0.25, -0.2) is 4.79 Å². The molecule has 0 aromatic rings. The maximum absolute atomic E-state index is 10.9. The molecule has 0 heterocycles. The van der Waals surface area contributed by atoms with Gasteiger partial charge in [0.05, 0.1) is 0 Å². The number of carbonyl (C=O) groups is 1. The Bertz CT molecular complexity index is 118. The first-order valence-corrected chi connectivity index (χ1v) is 4.32. The lowest BCUT2D eigenvalue weighted by atomic mass is 10.2. The lowest BCUT2D eigenvalue weighted by Gasteiger charge is -2.05. The van der Waals surface area contributed by atoms with Crippen molar-refractivity contribution in [2.75, 3.05) is 20.4 Å². The number of carbonyl (C=O) groups excluding carboxylic acids is 1. The molecule has 2 N–H and O–H groups in total. The van der Waals surface area contributed by atoms with Crippen molar-refractivity contribution in [1.82, 2.24) is 10.6 Å². The lowest BCUT2D eigenvalue weighted by Crippen LogP contribution is -2.36. The number of urea groups is 1. The van der Waals surface area contributed by atoms with Crippen LogP contribution in [0.15, 0.2) is 0 Å². The Morgan fingerprint density at radius 3 is 2.67 bits per heavy atom. The average molecular weight is 174 g/mol. The van der Waals surface area contributed by atoms with Crippen molar-refractivity contribution < 1.29 is 9.53 Å². The zero-order chi connectivity index (χ0) is 9.23. The molecule has 0 aliphatic heterocycles. The van der Waals surface area contributed by atoms with Crippen LogP contribution in [0.5, 0.6) is 0 Å². The van der Waals surface area contributed by atoms with E-state index < -0.39 is 0 Å². The van der Waals surface area contributed by atoms with Gasteiger partial charge in [0, 0.05) is 13.7 Å². The van der Waals surface area contributed by atoms with Crippen molar-refractivity contribution in [2.45, 2.75) is 26.2 Å². The van der Waals surface area contributed by atoms with E-state index in [1.807, 2.05) is 0 Å². The van der Waals surface area contributed by atoms with E-state index in [0.29, 0.717) is 0 Å². The van der Waals surface area contributed by atoms with E-state index in [9.17, 15) is 4.79 Å². The Morgan fingerprint density at radius 2 is 2.08 bits per heavy atom. The van der Waals surface area contributed by atoms with Crippen molar-refractivity contribution in [2.24, 2.45) is 0 Å². The highest BCUT2D eigenvalue weighted by Gasteiger charge is 1.95. The third-order valence-electron chi connectivity index (χ3n) is 1.44. The summed E-state index contributed by atoms with van der Waals surface area (Å²) in [6.45, 7) is 3.13. The predicted octanol–water partition coefficient (Wildman–Crippen LogP) is 1.08. The van der Waals surface area contributed by atoms with Gasteiger partial charge in [-0.15, -0.1) is 0 Å². The van der Waals surface area contributed by atoms with Crippen LogP contribution < -0.4 is 10.6 Å². The first-order valence-electron chi connectivity index (χ1n) is 4.32. The summed E-state index contributed by atoms with van der Waals surface area (Å²) in [5.74, 6) is 0. The third kappa shape index (κ3) is 7.34. The van der Waals surface area contributed by atoms with Crippen LogP contribution in [0.2, 0.25) is 0 Å². The number of amides is 2. The van der Waals surface area contributed by atoms with Gasteiger partial charge in [0.25, 0.3) is 0 Å². The molecule has 0 rings (SSSR count). The number of unbranched alkanes of at least 4 members (excludes halogenated alkanes) is 2. The molecule has 0 fully saturated rings. The Labute approximate surface area is 73.7 Å². The summed E-state index contributed by atoms with van der Waals surface area (Å²) in [7, 11) is 1.54. The van der Waals surface area contributed by atoms with Gasteiger partial charge < -0.3 is 15.4 Å². The molecule has 0 aliphatic carbocycles. The van der Waals surface area contributed by atoms with E-state index >= 15 is 0 Å². The van der Waals surface area contributed by atoms with Gasteiger partial charge in [0.2, 0.25) is 0 Å². The van der Waals surface area contributed by atoms with Gasteiger partial charge in [-0.3, -0.25) is 0 Å². The Balaban J connectivity index is 3.08. The number of hydrogen-bond donors (Lipinski definition) is 2. The normalized spacial score (nSPS) is 9.50. The summed E-state index contributed by atoms with van der Waals surface area (Å²) >= 11 is 0. The van der Waals surface area contributed by atoms with Crippen molar-refractivity contribution in [3.63, 3.8) is 0 Å². The molecular formula is C8H18N2O2. The number of methoxy groups -OCH3 is 1. The van der Waals surface area contributed by atoms with E-state index in [1.165, 1.54) is 13.5 Å². The molecule has 12 heavy (non-hydrogen) atoms. The summed E-state index contributed by atoms with van der Waals surface area (Å²) in [6, 6.07) is -0.159. The average Bonchev–Trinajstić information content (AvgIpc) is 2.09. The van der Waals surface area contributed by atoms with Crippen LogP contribution >= 0.6 is 0 Å². The SMILES string of the molecule is CCCCCNC(=O)NCOC. The molecule has 0 saturated heterocycles. The first kappa shape index (κ1) is 11.2. The number of ether oxygens (including phenoxy) is 1. The molecule has 0 atom stereocenters. The molecule has 0 aromatic carbocycles. The van der Waals surface area contributed by atoms with Crippen LogP contribution in [0.3, 0.4) is 0 Å². The van der Waals surface area contributed by atoms with Crippen LogP contribution in [0.4, 0.5) is 4.79 Å². The van der Waals surface area contributed by atoms with Crippen molar-refractivity contribution in [3.8, 4) is 0 Å². The molecule has 0 saturated carbocycles. The molecule has 2 amide bonds. The highest BCUT2D eigenvalue weighted by atomic mass is 16.5. The van der Waals surface area contributed by atoms with Crippen molar-refractivity contribution >= 4 is 6.03 Å². The molecule has 0 unspecified atom stereocenters. The summed E-state index contributed by atoms with van der Waals surface area (Å²) < 4.78 is 4.67. The predicted molar refractivity (Wildman–Crippen MR) is 47.9 cm³/mol. The lowest BCUT2D eigenvalue weighted by molar-refractivity contribution is 0.172. The van der Waals surface area contributed by atoms with Crippen LogP contribution in [-0.4, -0.2) is 26.4 Å². The zero-order valence-corrected chi connectivity index (χ0v) is 7.85. The summed E-state index contributed by atoms with van der Waals surface area (Å²) in [5.41, 5.74) is 0. The van der Waals surface area contributed by atoms with Gasteiger partial charge in [-0.05, 0) is 6.42 Å². The Morgan fingerprint density at radius 1 is 1.33 bits per heavy atom. The van der Waals surface area contributed by atoms with E-state index in [2.05, 4.69) is 22.3 Å². The molecule has 0 aliphatic rings. The molecule has 4 heteroatoms. The minimum absolute atomic E-state index is 0.159. The molecule has 0 spiro atoms. The highest BCUT2D eigenvalue weighted by Crippen LogP contribution is 1.90. The molecule has 0 radical (unpaired) electrons. The highest BCUT2D eigenvalue weighted by molar-refractivity contribution is 5.73. The van der Waals surface area contributed by atoms with E-state index in [1.54, 1.807) is 0 Å². The van der Waals surface area contributed by atoms with E-state index in [0.717, 1.165) is 19.4 Å². The summed E-state index contributed by atoms with van der Waals surface area (Å²) in [4.78, 5) is 10.9. The molecule has 0 aromatic heterocycles. The topological polar surface area (TPSA) is 50.4 Å². The summed E-state index contributed by atoms with van der Waals surface area (Å²) in [5, 5.41) is 5.26. The van der Waals surface area contributed by atoms with Crippen LogP contribution in [0, 0.1) is 0 Å². The second-order valence-corrected chi connectivity index (χ2v) is 2.57. The fraction of sp³-hybridized carbons (Fsp3) is 0.875. The largest absolute Gasteiger partial charge is 0.364 e. The molecule has 4 nitrogen and oxygen atoms in total. The number of nitrogens with one attached hydrogen (secondary N) is 2. The fourth-order valence-electron chi connectivity index (χ4n) is 0.777. The third-order valence-corrected chi connectivity index (χ3v) is 1.44. The second kappa shape index (κ2) is 8.33. The minimum atomic E-state index is -0.159. The standard InChI is InChI=1S/C8H18N2O2/c1-3-4-5-6-9-8(11)10-7-12-2/h3-7H2,1-2H3,(H2,9,10,11). The maximum atomic E-state index is 10.9. The zero-order valence-electron chi connectivity index (χ0n) is 7.85. The van der Waals surface area contributed by atoms with E-state index in [-0.39, 0.29) is 12.8 Å². The van der Waals surface area contributed by atoms with Crippen molar-refractivity contribution in [1.29, 1.82) is 0 Å². The maximum Gasteiger partial charge on any atom is 0.316 e. The smallest absolute Gasteiger partial charge is 0.316 e. The quantitative estimate of drug-likeness (QED) is 0.467. The van der Waals surface area contributed by atoms with Gasteiger partial charge in [0.1, 0.15) is 6.73 Å². The Kier molecular flexibility index (Phi) is 7.79. The van der Waals surface area contributed by atoms with Gasteiger partial charge >= 0.3 is 6.03 Å². The second-order valence-electron chi connectivity index (χ2n) is 2.57. The first-order chi connectivity index (χ1) is 5.81. The summed E-state index contributed by atoms with van der Waals surface area (Å²) in [6.07, 6.45) is 3.36. The number of hydrogen-bond acceptors (Lipinski definition) is 2.